The molecule has 0 bridgehead atoms. The zero-order valence-corrected chi connectivity index (χ0v) is 12.8. The van der Waals surface area contributed by atoms with Crippen LogP contribution in [0.5, 0.6) is 11.8 Å². The van der Waals surface area contributed by atoms with Gasteiger partial charge in [0.1, 0.15) is 6.10 Å². The molecule has 0 radical (unpaired) electrons. The molecule has 0 spiro atoms. The van der Waals surface area contributed by atoms with Crippen molar-refractivity contribution < 1.29 is 9.47 Å². The molecule has 2 aromatic rings. The Bertz CT molecular complexity index is 629. The highest BCUT2D eigenvalue weighted by Gasteiger charge is 2.23. The summed E-state index contributed by atoms with van der Waals surface area (Å²) in [5, 5.41) is 0. The number of rotatable bonds is 4. The van der Waals surface area contributed by atoms with Gasteiger partial charge in [-0.1, -0.05) is 0 Å². The average molecular weight is 301 g/mol. The van der Waals surface area contributed by atoms with E-state index in [0.29, 0.717) is 17.7 Å². The van der Waals surface area contributed by atoms with Gasteiger partial charge in [0.2, 0.25) is 17.7 Å². The molecule has 0 unspecified atom stereocenters. The molecule has 1 aliphatic heterocycles. The predicted molar refractivity (Wildman–Crippen MR) is 81.2 cm³/mol. The smallest absolute Gasteiger partial charge is 0.232 e. The first-order valence-corrected chi connectivity index (χ1v) is 7.32. The van der Waals surface area contributed by atoms with Crippen molar-refractivity contribution in [3.63, 3.8) is 0 Å². The third kappa shape index (κ3) is 3.41. The van der Waals surface area contributed by atoms with Crippen LogP contribution in [0, 0.1) is 6.92 Å². The summed E-state index contributed by atoms with van der Waals surface area (Å²) in [6.07, 6.45) is 7.04. The van der Waals surface area contributed by atoms with Gasteiger partial charge in [-0.2, -0.15) is 4.98 Å². The zero-order chi connectivity index (χ0) is 15.4. The third-order valence-electron chi connectivity index (χ3n) is 3.57. The molecular weight excluding hydrogens is 282 g/mol. The van der Waals surface area contributed by atoms with Crippen LogP contribution in [-0.2, 0) is 0 Å². The Hall–Kier alpha value is -2.44. The van der Waals surface area contributed by atoms with Crippen LogP contribution in [0.4, 0.5) is 5.95 Å². The summed E-state index contributed by atoms with van der Waals surface area (Å²) in [6, 6.07) is 1.75. The van der Waals surface area contributed by atoms with Crippen LogP contribution >= 0.6 is 0 Å². The Balaban J connectivity index is 1.58. The summed E-state index contributed by atoms with van der Waals surface area (Å²) >= 11 is 0. The lowest BCUT2D eigenvalue weighted by molar-refractivity contribution is 0.162. The van der Waals surface area contributed by atoms with Crippen molar-refractivity contribution in [1.29, 1.82) is 0 Å². The molecule has 0 N–H and O–H groups in total. The second-order valence-corrected chi connectivity index (χ2v) is 5.20. The van der Waals surface area contributed by atoms with E-state index >= 15 is 0 Å². The molecule has 0 aliphatic carbocycles. The molecule has 22 heavy (non-hydrogen) atoms. The van der Waals surface area contributed by atoms with E-state index in [9.17, 15) is 0 Å². The maximum atomic E-state index is 5.90. The molecule has 7 nitrogen and oxygen atoms in total. The number of aromatic nitrogens is 4. The van der Waals surface area contributed by atoms with Gasteiger partial charge in [0, 0.05) is 44.4 Å². The largest absolute Gasteiger partial charge is 0.481 e. The predicted octanol–water partition coefficient (Wildman–Crippen LogP) is 1.63. The van der Waals surface area contributed by atoms with Gasteiger partial charge in [-0.25, -0.2) is 9.97 Å². The first kappa shape index (κ1) is 14.5. The zero-order valence-electron chi connectivity index (χ0n) is 12.8. The highest BCUT2D eigenvalue weighted by atomic mass is 16.5. The van der Waals surface area contributed by atoms with Gasteiger partial charge in [0.25, 0.3) is 0 Å². The fourth-order valence-corrected chi connectivity index (χ4v) is 2.44. The fraction of sp³-hybridized carbons (Fsp3) is 0.467. The molecule has 0 saturated carbocycles. The number of hydrogen-bond acceptors (Lipinski definition) is 7. The number of aryl methyl sites for hydroxylation is 1. The van der Waals surface area contributed by atoms with Crippen molar-refractivity contribution in [3.8, 4) is 11.8 Å². The van der Waals surface area contributed by atoms with E-state index in [4.69, 9.17) is 9.47 Å². The van der Waals surface area contributed by atoms with Crippen molar-refractivity contribution in [1.82, 2.24) is 19.9 Å². The molecule has 116 valence electrons. The molecule has 0 aromatic carbocycles. The Morgan fingerprint density at radius 3 is 2.68 bits per heavy atom. The summed E-state index contributed by atoms with van der Waals surface area (Å²) in [6.45, 7) is 3.59. The van der Waals surface area contributed by atoms with E-state index in [1.165, 1.54) is 0 Å². The molecule has 3 heterocycles. The van der Waals surface area contributed by atoms with Gasteiger partial charge in [-0.3, -0.25) is 4.98 Å². The first-order valence-electron chi connectivity index (χ1n) is 7.32. The molecule has 1 fully saturated rings. The Morgan fingerprint density at radius 1 is 1.14 bits per heavy atom. The molecular formula is C15H19N5O2. The number of piperidine rings is 1. The number of hydrogen-bond donors (Lipinski definition) is 0. The van der Waals surface area contributed by atoms with Crippen LogP contribution in [0.15, 0.2) is 24.7 Å². The van der Waals surface area contributed by atoms with Crippen LogP contribution < -0.4 is 14.4 Å². The van der Waals surface area contributed by atoms with Crippen molar-refractivity contribution >= 4 is 5.95 Å². The molecule has 0 atom stereocenters. The van der Waals surface area contributed by atoms with Gasteiger partial charge in [0.15, 0.2) is 0 Å². The minimum absolute atomic E-state index is 0.151. The van der Waals surface area contributed by atoms with Crippen molar-refractivity contribution in [2.24, 2.45) is 0 Å². The molecule has 1 aliphatic rings. The summed E-state index contributed by atoms with van der Waals surface area (Å²) in [5.41, 5.74) is 0.861. The molecule has 3 rings (SSSR count). The van der Waals surface area contributed by atoms with Crippen molar-refractivity contribution in [3.05, 3.63) is 30.4 Å². The van der Waals surface area contributed by atoms with E-state index in [1.807, 2.05) is 6.92 Å². The lowest BCUT2D eigenvalue weighted by Gasteiger charge is -2.31. The van der Waals surface area contributed by atoms with Gasteiger partial charge in [0.05, 0.1) is 19.0 Å². The summed E-state index contributed by atoms with van der Waals surface area (Å²) < 4.78 is 11.0. The number of nitrogens with zero attached hydrogens (tertiary/aromatic N) is 5. The molecule has 7 heteroatoms. The van der Waals surface area contributed by atoms with E-state index in [-0.39, 0.29) is 6.10 Å². The van der Waals surface area contributed by atoms with Gasteiger partial charge >= 0.3 is 0 Å². The Morgan fingerprint density at radius 2 is 1.95 bits per heavy atom. The van der Waals surface area contributed by atoms with Crippen molar-refractivity contribution in [2.45, 2.75) is 25.9 Å². The summed E-state index contributed by atoms with van der Waals surface area (Å²) in [5.74, 6) is 1.88. The highest BCUT2D eigenvalue weighted by Crippen LogP contribution is 2.20. The third-order valence-corrected chi connectivity index (χ3v) is 3.57. The SMILES string of the molecule is COc1ccnc(N2CCC(Oc3cncc(C)n3)CC2)n1. The lowest BCUT2D eigenvalue weighted by Crippen LogP contribution is -2.39. The molecule has 0 amide bonds. The van der Waals surface area contributed by atoms with Gasteiger partial charge < -0.3 is 14.4 Å². The maximum absolute atomic E-state index is 5.90. The maximum Gasteiger partial charge on any atom is 0.232 e. The monoisotopic (exact) mass is 301 g/mol. The van der Waals surface area contributed by atoms with Crippen LogP contribution in [-0.4, -0.2) is 46.2 Å². The number of anilines is 1. The summed E-state index contributed by atoms with van der Waals surface area (Å²) in [7, 11) is 1.61. The lowest BCUT2D eigenvalue weighted by atomic mass is 10.1. The molecule has 1 saturated heterocycles. The highest BCUT2D eigenvalue weighted by molar-refractivity contribution is 5.32. The van der Waals surface area contributed by atoms with E-state index in [2.05, 4.69) is 24.8 Å². The van der Waals surface area contributed by atoms with Crippen molar-refractivity contribution in [2.75, 3.05) is 25.1 Å². The topological polar surface area (TPSA) is 73.3 Å². The fourth-order valence-electron chi connectivity index (χ4n) is 2.44. The number of methoxy groups -OCH3 is 1. The van der Waals surface area contributed by atoms with Crippen LogP contribution in [0.2, 0.25) is 0 Å². The molecule has 2 aromatic heterocycles. The first-order chi connectivity index (χ1) is 10.7. The van der Waals surface area contributed by atoms with Gasteiger partial charge in [-0.15, -0.1) is 0 Å². The number of ether oxygens (including phenoxy) is 2. The van der Waals surface area contributed by atoms with E-state index in [0.717, 1.165) is 31.6 Å². The second kappa shape index (κ2) is 6.55. The van der Waals surface area contributed by atoms with E-state index < -0.39 is 0 Å². The second-order valence-electron chi connectivity index (χ2n) is 5.20. The minimum atomic E-state index is 0.151. The minimum Gasteiger partial charge on any atom is -0.481 e. The van der Waals surface area contributed by atoms with Crippen LogP contribution in [0.1, 0.15) is 18.5 Å². The normalized spacial score (nSPS) is 15.6. The Labute approximate surface area is 129 Å². The van der Waals surface area contributed by atoms with Gasteiger partial charge in [-0.05, 0) is 6.92 Å². The van der Waals surface area contributed by atoms with Crippen LogP contribution in [0.3, 0.4) is 0 Å². The Kier molecular flexibility index (Phi) is 4.32. The standard InChI is InChI=1S/C15H19N5O2/c1-11-9-16-10-14(18-11)22-12-4-7-20(8-5-12)15-17-6-3-13(19-15)21-2/h3,6,9-10,12H,4-5,7-8H2,1-2H3. The van der Waals surface area contributed by atoms with Crippen LogP contribution in [0.25, 0.3) is 0 Å². The quantitative estimate of drug-likeness (QED) is 0.849. The summed E-state index contributed by atoms with van der Waals surface area (Å²) in [4.78, 5) is 19.2. The average Bonchev–Trinajstić information content (AvgIpc) is 2.56. The van der Waals surface area contributed by atoms with E-state index in [1.54, 1.807) is 31.8 Å².